The number of aromatic nitrogens is 3. The molecule has 0 amide bonds. The molecule has 0 unspecified atom stereocenters. The van der Waals surface area contributed by atoms with Gasteiger partial charge in [-0.1, -0.05) is 21.8 Å². The molecule has 0 aromatic carbocycles. The first-order valence-electron chi connectivity index (χ1n) is 4.06. The number of hydrogen-bond acceptors (Lipinski definition) is 8. The van der Waals surface area contributed by atoms with Gasteiger partial charge in [0, 0.05) is 11.5 Å². The molecule has 0 aliphatic rings. The molecule has 0 fully saturated rings. The number of nitrogens with one attached hydrogen (secondary N) is 1. The fourth-order valence-corrected chi connectivity index (χ4v) is 3.87. The smallest absolute Gasteiger partial charge is 0.273 e. The highest BCUT2D eigenvalue weighted by Crippen LogP contribution is 2.23. The van der Waals surface area contributed by atoms with Crippen LogP contribution in [0, 0.1) is 0 Å². The van der Waals surface area contributed by atoms with Crippen molar-refractivity contribution in [3.8, 4) is 0 Å². The van der Waals surface area contributed by atoms with Crippen molar-refractivity contribution in [2.45, 2.75) is 4.21 Å². The van der Waals surface area contributed by atoms with Crippen molar-refractivity contribution in [2.75, 3.05) is 4.72 Å². The van der Waals surface area contributed by atoms with Crippen LogP contribution in [0.3, 0.4) is 0 Å². The van der Waals surface area contributed by atoms with Crippen molar-refractivity contribution in [3.05, 3.63) is 17.0 Å². The molecule has 0 aliphatic heterocycles. The highest BCUT2D eigenvalue weighted by atomic mass is 32.2. The van der Waals surface area contributed by atoms with Crippen LogP contribution in [0.2, 0.25) is 0 Å². The SMILES string of the molecule is NC(=S)c1ccc(S(=O)(=O)Nc2nnns2)s1. The summed E-state index contributed by atoms with van der Waals surface area (Å²) in [4.78, 5) is 0.699. The second-order valence-corrected chi connectivity index (χ2v) is 6.92. The largest absolute Gasteiger partial charge is 0.389 e. The van der Waals surface area contributed by atoms with Crippen LogP contribution in [0.4, 0.5) is 5.13 Å². The zero-order valence-corrected chi connectivity index (χ0v) is 11.3. The topological polar surface area (TPSA) is 111 Å². The van der Waals surface area contributed by atoms with Crippen LogP contribution >= 0.6 is 35.1 Å². The molecule has 0 aliphatic carbocycles. The summed E-state index contributed by atoms with van der Waals surface area (Å²) in [6.07, 6.45) is 0. The lowest BCUT2D eigenvalue weighted by Gasteiger charge is -1.99. The van der Waals surface area contributed by atoms with Crippen LogP contribution in [0.25, 0.3) is 0 Å². The molecular formula is C6H5N5O2S4. The average Bonchev–Trinajstić information content (AvgIpc) is 2.84. The van der Waals surface area contributed by atoms with Gasteiger partial charge in [0.25, 0.3) is 10.0 Å². The average molecular weight is 307 g/mol. The van der Waals surface area contributed by atoms with Gasteiger partial charge in [-0.15, -0.1) is 11.3 Å². The summed E-state index contributed by atoms with van der Waals surface area (Å²) < 4.78 is 29.5. The van der Waals surface area contributed by atoms with Gasteiger partial charge in [-0.05, 0) is 17.3 Å². The third-order valence-corrected chi connectivity index (χ3v) is 5.55. The molecular weight excluding hydrogens is 302 g/mol. The number of sulfonamides is 1. The molecule has 0 radical (unpaired) electrons. The van der Waals surface area contributed by atoms with Crippen LogP contribution in [-0.2, 0) is 10.0 Å². The molecule has 90 valence electrons. The standard InChI is InChI=1S/C6H5N5O2S4/c7-5(14)3-1-2-4(15-3)17(12,13)9-6-8-10-11-16-6/h1-2H,(H2,7,14)(H,8,9,11). The molecule has 0 saturated carbocycles. The Morgan fingerprint density at radius 1 is 1.47 bits per heavy atom. The van der Waals surface area contributed by atoms with Crippen molar-refractivity contribution in [1.29, 1.82) is 0 Å². The lowest BCUT2D eigenvalue weighted by molar-refractivity contribution is 0.603. The van der Waals surface area contributed by atoms with Gasteiger partial charge in [0.05, 0.1) is 4.88 Å². The maximum Gasteiger partial charge on any atom is 0.273 e. The summed E-state index contributed by atoms with van der Waals surface area (Å²) in [5, 5.41) is 6.88. The van der Waals surface area contributed by atoms with E-state index in [0.717, 1.165) is 22.9 Å². The van der Waals surface area contributed by atoms with E-state index in [2.05, 4.69) is 19.5 Å². The fraction of sp³-hybridized carbons (Fsp3) is 0. The number of anilines is 1. The molecule has 0 atom stereocenters. The van der Waals surface area contributed by atoms with Gasteiger partial charge >= 0.3 is 0 Å². The number of nitrogens with two attached hydrogens (primary N) is 1. The van der Waals surface area contributed by atoms with Crippen molar-refractivity contribution in [3.63, 3.8) is 0 Å². The van der Waals surface area contributed by atoms with Gasteiger partial charge in [0.15, 0.2) is 0 Å². The third-order valence-electron chi connectivity index (χ3n) is 1.61. The van der Waals surface area contributed by atoms with Crippen LogP contribution in [0.1, 0.15) is 4.88 Å². The van der Waals surface area contributed by atoms with Gasteiger partial charge in [-0.3, -0.25) is 4.72 Å². The second-order valence-electron chi connectivity index (χ2n) is 2.76. The molecule has 3 N–H and O–H groups in total. The van der Waals surface area contributed by atoms with Crippen molar-refractivity contribution in [2.24, 2.45) is 5.73 Å². The number of thiophene rings is 1. The molecule has 0 saturated heterocycles. The van der Waals surface area contributed by atoms with Crippen LogP contribution < -0.4 is 10.5 Å². The summed E-state index contributed by atoms with van der Waals surface area (Å²) in [5.74, 6) is 0. The van der Waals surface area contributed by atoms with E-state index in [4.69, 9.17) is 18.0 Å². The number of thiocarbonyl (C=S) groups is 1. The molecule has 2 aromatic heterocycles. The Morgan fingerprint density at radius 2 is 2.24 bits per heavy atom. The molecule has 11 heteroatoms. The maximum absolute atomic E-state index is 11.9. The van der Waals surface area contributed by atoms with Crippen LogP contribution in [-0.4, -0.2) is 28.2 Å². The van der Waals surface area contributed by atoms with E-state index < -0.39 is 10.0 Å². The van der Waals surface area contributed by atoms with E-state index in [1.807, 2.05) is 0 Å². The first-order chi connectivity index (χ1) is 7.99. The van der Waals surface area contributed by atoms with Gasteiger partial charge in [0.2, 0.25) is 5.13 Å². The lowest BCUT2D eigenvalue weighted by atomic mass is 10.5. The van der Waals surface area contributed by atoms with Crippen molar-refractivity contribution in [1.82, 2.24) is 14.8 Å². The van der Waals surface area contributed by atoms with Gasteiger partial charge in [0.1, 0.15) is 9.20 Å². The minimum atomic E-state index is -3.67. The molecule has 2 aromatic rings. The Morgan fingerprint density at radius 3 is 2.76 bits per heavy atom. The summed E-state index contributed by atoms with van der Waals surface area (Å²) in [6.45, 7) is 0. The first-order valence-corrected chi connectivity index (χ1v) is 7.54. The predicted octanol–water partition coefficient (Wildman–Crippen LogP) is 0.430. The van der Waals surface area contributed by atoms with E-state index in [0.29, 0.717) is 4.88 Å². The zero-order valence-electron chi connectivity index (χ0n) is 8.02. The second kappa shape index (κ2) is 4.60. The van der Waals surface area contributed by atoms with E-state index in [-0.39, 0.29) is 14.3 Å². The first kappa shape index (κ1) is 12.3. The number of rotatable bonds is 4. The Balaban J connectivity index is 2.28. The Kier molecular flexibility index (Phi) is 3.33. The quantitative estimate of drug-likeness (QED) is 0.788. The van der Waals surface area contributed by atoms with E-state index in [1.165, 1.54) is 6.07 Å². The summed E-state index contributed by atoms with van der Waals surface area (Å²) in [5.41, 5.74) is 5.40. The zero-order chi connectivity index (χ0) is 12.5. The van der Waals surface area contributed by atoms with E-state index in [9.17, 15) is 8.42 Å². The minimum absolute atomic E-state index is 0.107. The number of nitrogens with zero attached hydrogens (tertiary/aromatic N) is 3. The fourth-order valence-electron chi connectivity index (χ4n) is 0.935. The van der Waals surface area contributed by atoms with Gasteiger partial charge in [-0.25, -0.2) is 8.42 Å². The van der Waals surface area contributed by atoms with Crippen molar-refractivity contribution >= 4 is 55.2 Å². The normalized spacial score (nSPS) is 11.3. The van der Waals surface area contributed by atoms with E-state index >= 15 is 0 Å². The summed E-state index contributed by atoms with van der Waals surface area (Å²) >= 11 is 6.60. The maximum atomic E-state index is 11.9. The highest BCUT2D eigenvalue weighted by molar-refractivity contribution is 7.95. The van der Waals surface area contributed by atoms with Gasteiger partial charge < -0.3 is 5.73 Å². The molecule has 2 rings (SSSR count). The monoisotopic (exact) mass is 307 g/mol. The van der Waals surface area contributed by atoms with Crippen LogP contribution in [0.15, 0.2) is 16.3 Å². The lowest BCUT2D eigenvalue weighted by Crippen LogP contribution is -2.11. The molecule has 7 nitrogen and oxygen atoms in total. The minimum Gasteiger partial charge on any atom is -0.389 e. The van der Waals surface area contributed by atoms with E-state index in [1.54, 1.807) is 6.07 Å². The summed E-state index contributed by atoms with van der Waals surface area (Å²) in [6, 6.07) is 2.98. The molecule has 0 spiro atoms. The Labute approximate surface area is 110 Å². The third kappa shape index (κ3) is 2.74. The highest BCUT2D eigenvalue weighted by Gasteiger charge is 2.19. The predicted molar refractivity (Wildman–Crippen MR) is 68.7 cm³/mol. The molecule has 0 bridgehead atoms. The Bertz CT molecular complexity index is 631. The van der Waals surface area contributed by atoms with Gasteiger partial charge in [-0.2, -0.15) is 0 Å². The molecule has 2 heterocycles. The van der Waals surface area contributed by atoms with Crippen LogP contribution in [0.5, 0.6) is 0 Å². The Hall–Kier alpha value is -1.17. The van der Waals surface area contributed by atoms with Crippen molar-refractivity contribution < 1.29 is 8.42 Å². The summed E-state index contributed by atoms with van der Waals surface area (Å²) in [7, 11) is -3.67. The number of hydrogen-bond donors (Lipinski definition) is 2. The molecule has 17 heavy (non-hydrogen) atoms.